The zero-order valence-electron chi connectivity index (χ0n) is 17.9. The Morgan fingerprint density at radius 3 is 2.45 bits per heavy atom. The zero-order chi connectivity index (χ0) is 22.0. The SMILES string of the molecule is COc1cc(NC=O)c(Cl)cc1NC(=O)C1CC2CCC(C1)N2Cc1ccc(C)cc1. The first-order valence-corrected chi connectivity index (χ1v) is 11.1. The van der Waals surface area contributed by atoms with Crippen LogP contribution in [0.5, 0.6) is 5.75 Å². The molecule has 2 unspecified atom stereocenters. The average molecular weight is 442 g/mol. The van der Waals surface area contributed by atoms with Gasteiger partial charge in [-0.05, 0) is 44.2 Å². The number of ether oxygens (including phenoxy) is 1. The molecule has 2 aliphatic heterocycles. The minimum atomic E-state index is -0.0389. The molecular formula is C24H28ClN3O3. The number of hydrogen-bond donors (Lipinski definition) is 2. The fourth-order valence-electron chi connectivity index (χ4n) is 4.88. The lowest BCUT2D eigenvalue weighted by molar-refractivity contribution is -0.122. The third-order valence-electron chi connectivity index (χ3n) is 6.50. The van der Waals surface area contributed by atoms with Crippen molar-refractivity contribution in [2.75, 3.05) is 17.7 Å². The van der Waals surface area contributed by atoms with Crippen LogP contribution >= 0.6 is 11.6 Å². The van der Waals surface area contributed by atoms with Crippen LogP contribution in [0.2, 0.25) is 5.02 Å². The molecule has 2 heterocycles. The van der Waals surface area contributed by atoms with E-state index in [9.17, 15) is 9.59 Å². The molecule has 2 aromatic rings. The van der Waals surface area contributed by atoms with Crippen molar-refractivity contribution < 1.29 is 14.3 Å². The molecule has 2 aliphatic rings. The summed E-state index contributed by atoms with van der Waals surface area (Å²) >= 11 is 6.23. The minimum Gasteiger partial charge on any atom is -0.494 e. The molecule has 2 aromatic carbocycles. The number of hydrogen-bond acceptors (Lipinski definition) is 4. The van der Waals surface area contributed by atoms with Crippen molar-refractivity contribution >= 4 is 35.3 Å². The quantitative estimate of drug-likeness (QED) is 0.615. The normalized spacial score (nSPS) is 22.7. The van der Waals surface area contributed by atoms with Crippen LogP contribution in [-0.4, -0.2) is 36.4 Å². The van der Waals surface area contributed by atoms with Gasteiger partial charge >= 0.3 is 0 Å². The predicted molar refractivity (Wildman–Crippen MR) is 123 cm³/mol. The molecule has 2 atom stereocenters. The fourth-order valence-corrected chi connectivity index (χ4v) is 5.10. The highest BCUT2D eigenvalue weighted by atomic mass is 35.5. The van der Waals surface area contributed by atoms with Gasteiger partial charge in [0.05, 0.1) is 23.5 Å². The standard InChI is InChI=1S/C24H28ClN3O3/c1-15-3-5-16(6-4-15)13-28-18-7-8-19(28)10-17(9-18)24(30)27-22-11-20(25)21(26-14-29)12-23(22)31-2/h3-6,11-12,14,17-19H,7-10,13H2,1-2H3,(H,26,29)(H,27,30). The van der Waals surface area contributed by atoms with E-state index in [1.54, 1.807) is 12.1 Å². The van der Waals surface area contributed by atoms with E-state index in [0.717, 1.165) is 32.2 Å². The number of carbonyl (C=O) groups excluding carboxylic acids is 2. The van der Waals surface area contributed by atoms with Crippen LogP contribution in [0.4, 0.5) is 11.4 Å². The smallest absolute Gasteiger partial charge is 0.227 e. The van der Waals surface area contributed by atoms with Gasteiger partial charge in [-0.3, -0.25) is 14.5 Å². The lowest BCUT2D eigenvalue weighted by Crippen LogP contribution is -2.45. The molecule has 0 saturated carbocycles. The Labute approximate surface area is 187 Å². The maximum atomic E-state index is 13.1. The Bertz CT molecular complexity index is 949. The summed E-state index contributed by atoms with van der Waals surface area (Å²) in [5, 5.41) is 5.87. The molecule has 31 heavy (non-hydrogen) atoms. The van der Waals surface area contributed by atoms with Gasteiger partial charge in [-0.1, -0.05) is 41.4 Å². The summed E-state index contributed by atoms with van der Waals surface area (Å²) in [5.74, 6) is 0.419. The number of fused-ring (bicyclic) bond motifs is 2. The highest BCUT2D eigenvalue weighted by Gasteiger charge is 2.42. The Morgan fingerprint density at radius 1 is 1.16 bits per heavy atom. The van der Waals surface area contributed by atoms with Crippen molar-refractivity contribution in [1.29, 1.82) is 0 Å². The molecule has 6 nitrogen and oxygen atoms in total. The number of piperidine rings is 1. The van der Waals surface area contributed by atoms with Crippen LogP contribution in [0.25, 0.3) is 0 Å². The number of carbonyl (C=O) groups is 2. The van der Waals surface area contributed by atoms with E-state index in [4.69, 9.17) is 16.3 Å². The van der Waals surface area contributed by atoms with Crippen LogP contribution < -0.4 is 15.4 Å². The van der Waals surface area contributed by atoms with Gasteiger partial charge in [0, 0.05) is 30.6 Å². The lowest BCUT2D eigenvalue weighted by atomic mass is 9.89. The van der Waals surface area contributed by atoms with Crippen LogP contribution in [0.1, 0.15) is 36.8 Å². The second kappa shape index (κ2) is 9.28. The number of rotatable bonds is 7. The van der Waals surface area contributed by atoms with E-state index in [2.05, 4.69) is 46.7 Å². The van der Waals surface area contributed by atoms with Gasteiger partial charge in [0.25, 0.3) is 0 Å². The monoisotopic (exact) mass is 441 g/mol. The maximum Gasteiger partial charge on any atom is 0.227 e. The Morgan fingerprint density at radius 2 is 1.84 bits per heavy atom. The molecule has 7 heteroatoms. The van der Waals surface area contributed by atoms with E-state index >= 15 is 0 Å². The summed E-state index contributed by atoms with van der Waals surface area (Å²) in [6.45, 7) is 3.05. The van der Waals surface area contributed by atoms with Crippen molar-refractivity contribution in [3.8, 4) is 5.75 Å². The summed E-state index contributed by atoms with van der Waals surface area (Å²) in [7, 11) is 1.52. The van der Waals surface area contributed by atoms with Crippen molar-refractivity contribution in [1.82, 2.24) is 4.90 Å². The summed E-state index contributed by atoms with van der Waals surface area (Å²) < 4.78 is 5.38. The first-order chi connectivity index (χ1) is 15.0. The second-order valence-electron chi connectivity index (χ2n) is 8.50. The van der Waals surface area contributed by atoms with Crippen molar-refractivity contribution in [3.63, 3.8) is 0 Å². The average Bonchev–Trinajstić information content (AvgIpc) is 2.98. The molecule has 4 rings (SSSR count). The summed E-state index contributed by atoms with van der Waals surface area (Å²) in [4.78, 5) is 26.4. The van der Waals surface area contributed by atoms with Gasteiger partial charge in [0.2, 0.25) is 12.3 Å². The number of anilines is 2. The van der Waals surface area contributed by atoms with Gasteiger partial charge in [-0.15, -0.1) is 0 Å². The zero-order valence-corrected chi connectivity index (χ0v) is 18.6. The number of halogens is 1. The summed E-state index contributed by atoms with van der Waals surface area (Å²) in [6.07, 6.45) is 4.55. The molecule has 0 radical (unpaired) electrons. The van der Waals surface area contributed by atoms with E-state index in [1.807, 2.05) is 0 Å². The predicted octanol–water partition coefficient (Wildman–Crippen LogP) is 4.61. The van der Waals surface area contributed by atoms with E-state index in [-0.39, 0.29) is 11.8 Å². The van der Waals surface area contributed by atoms with Crippen molar-refractivity contribution in [3.05, 3.63) is 52.5 Å². The van der Waals surface area contributed by atoms with Gasteiger partial charge < -0.3 is 15.4 Å². The van der Waals surface area contributed by atoms with Gasteiger partial charge in [-0.25, -0.2) is 0 Å². The van der Waals surface area contributed by atoms with Gasteiger partial charge in [0.1, 0.15) is 5.75 Å². The molecule has 0 spiro atoms. The minimum absolute atomic E-state index is 0.00245. The Kier molecular flexibility index (Phi) is 6.49. The molecule has 164 valence electrons. The molecule has 2 saturated heterocycles. The largest absolute Gasteiger partial charge is 0.494 e. The first-order valence-electron chi connectivity index (χ1n) is 10.7. The number of aryl methyl sites for hydroxylation is 1. The van der Waals surface area contributed by atoms with Crippen LogP contribution in [0.15, 0.2) is 36.4 Å². The third kappa shape index (κ3) is 4.70. The van der Waals surface area contributed by atoms with Gasteiger partial charge in [-0.2, -0.15) is 0 Å². The number of nitrogens with zero attached hydrogens (tertiary/aromatic N) is 1. The van der Waals surface area contributed by atoms with E-state index < -0.39 is 0 Å². The fraction of sp³-hybridized carbons (Fsp3) is 0.417. The first kappa shape index (κ1) is 21.7. The molecule has 2 fully saturated rings. The number of methoxy groups -OCH3 is 1. The van der Waals surface area contributed by atoms with Crippen LogP contribution in [0, 0.1) is 12.8 Å². The topological polar surface area (TPSA) is 70.7 Å². The summed E-state index contributed by atoms with van der Waals surface area (Å²) in [6, 6.07) is 12.8. The molecule has 0 aromatic heterocycles. The van der Waals surface area contributed by atoms with E-state index in [1.165, 1.54) is 18.2 Å². The highest BCUT2D eigenvalue weighted by molar-refractivity contribution is 6.34. The third-order valence-corrected chi connectivity index (χ3v) is 6.82. The second-order valence-corrected chi connectivity index (χ2v) is 8.90. The van der Waals surface area contributed by atoms with Gasteiger partial charge in [0.15, 0.2) is 0 Å². The molecule has 0 aliphatic carbocycles. The van der Waals surface area contributed by atoms with E-state index in [0.29, 0.717) is 40.6 Å². The molecule has 2 amide bonds. The Hall–Kier alpha value is -2.57. The lowest BCUT2D eigenvalue weighted by Gasteiger charge is -2.38. The Balaban J connectivity index is 1.43. The maximum absolute atomic E-state index is 13.1. The molecular weight excluding hydrogens is 414 g/mol. The van der Waals surface area contributed by atoms with Crippen LogP contribution in [-0.2, 0) is 16.1 Å². The summed E-state index contributed by atoms with van der Waals surface area (Å²) in [5.41, 5.74) is 3.55. The van der Waals surface area contributed by atoms with Crippen molar-refractivity contribution in [2.45, 2.75) is 51.2 Å². The molecule has 2 N–H and O–H groups in total. The van der Waals surface area contributed by atoms with Crippen molar-refractivity contribution in [2.24, 2.45) is 5.92 Å². The number of amides is 2. The molecule has 2 bridgehead atoms. The van der Waals surface area contributed by atoms with Crippen LogP contribution in [0.3, 0.4) is 0 Å². The highest BCUT2D eigenvalue weighted by Crippen LogP contribution is 2.41. The number of nitrogens with one attached hydrogen (secondary N) is 2. The number of benzene rings is 2.